The lowest BCUT2D eigenvalue weighted by molar-refractivity contribution is -0.123. The van der Waals surface area contributed by atoms with Crippen LogP contribution in [0.25, 0.3) is 0 Å². The van der Waals surface area contributed by atoms with Gasteiger partial charge in [0, 0.05) is 5.56 Å². The van der Waals surface area contributed by atoms with E-state index in [2.05, 4.69) is 15.0 Å². The van der Waals surface area contributed by atoms with Gasteiger partial charge in [-0.15, -0.1) is 0 Å². The fraction of sp³-hybridized carbons (Fsp3) is 0.333. The molecule has 4 rings (SSSR count). The van der Waals surface area contributed by atoms with Crippen molar-refractivity contribution in [2.24, 2.45) is 10.9 Å². The molecule has 0 unspecified atom stereocenters. The number of amides is 1. The van der Waals surface area contributed by atoms with E-state index in [1.54, 1.807) is 18.2 Å². The summed E-state index contributed by atoms with van der Waals surface area (Å²) in [6, 6.07) is 13.2. The normalized spacial score (nSPS) is 21.0. The van der Waals surface area contributed by atoms with Gasteiger partial charge in [-0.05, 0) is 30.2 Å². The first-order chi connectivity index (χ1) is 14.3. The van der Waals surface area contributed by atoms with Crippen molar-refractivity contribution in [1.29, 1.82) is 0 Å². The molecule has 2 aromatic carbocycles. The first kappa shape index (κ1) is 20.2. The summed E-state index contributed by atoms with van der Waals surface area (Å²) in [5.41, 5.74) is 0.469. The molecule has 0 aromatic heterocycles. The van der Waals surface area contributed by atoms with Gasteiger partial charge < -0.3 is 14.8 Å². The molecule has 0 radical (unpaired) electrons. The summed E-state index contributed by atoms with van der Waals surface area (Å²) in [4.78, 5) is 17.5. The number of aliphatic imine (C=N–C) groups is 1. The predicted molar refractivity (Wildman–Crippen MR) is 111 cm³/mol. The van der Waals surface area contributed by atoms with Crippen molar-refractivity contribution in [3.63, 3.8) is 0 Å². The Hall–Kier alpha value is -3.07. The van der Waals surface area contributed by atoms with Gasteiger partial charge in [0.1, 0.15) is 24.6 Å². The van der Waals surface area contributed by atoms with Crippen LogP contribution in [0.1, 0.15) is 19.4 Å². The number of ether oxygens (including phenoxy) is 2. The van der Waals surface area contributed by atoms with Crippen LogP contribution in [0.2, 0.25) is 0 Å². The van der Waals surface area contributed by atoms with Crippen LogP contribution >= 0.6 is 0 Å². The molecular weight excluding hydrogens is 406 g/mol. The molecule has 1 amide bonds. The van der Waals surface area contributed by atoms with Crippen LogP contribution in [0.5, 0.6) is 11.5 Å². The topological polar surface area (TPSA) is 106 Å². The van der Waals surface area contributed by atoms with Gasteiger partial charge in [0.2, 0.25) is 5.91 Å². The highest BCUT2D eigenvalue weighted by atomic mass is 32.2. The average Bonchev–Trinajstić information content (AvgIpc) is 3.00. The average molecular weight is 429 g/mol. The van der Waals surface area contributed by atoms with Gasteiger partial charge in [0.15, 0.2) is 11.5 Å². The Balaban J connectivity index is 1.47. The van der Waals surface area contributed by atoms with Crippen molar-refractivity contribution >= 4 is 21.8 Å². The van der Waals surface area contributed by atoms with Crippen molar-refractivity contribution in [3.05, 3.63) is 54.1 Å². The molecule has 2 N–H and O–H groups in total. The SMILES string of the molecule is CC(C)[C@H](N=C1NS(=O)(=O)c2ccccc21)C(=O)NC[C@H]1COc2ccccc2O1. The number of carbonyl (C=O) groups is 1. The molecule has 0 spiro atoms. The molecule has 2 atom stereocenters. The Labute approximate surface area is 175 Å². The molecule has 2 aromatic rings. The van der Waals surface area contributed by atoms with Crippen molar-refractivity contribution in [2.45, 2.75) is 30.9 Å². The highest BCUT2D eigenvalue weighted by Gasteiger charge is 2.33. The minimum atomic E-state index is -3.66. The Morgan fingerprint density at radius 1 is 1.17 bits per heavy atom. The van der Waals surface area contributed by atoms with Crippen molar-refractivity contribution in [2.75, 3.05) is 13.2 Å². The van der Waals surface area contributed by atoms with E-state index >= 15 is 0 Å². The Morgan fingerprint density at radius 2 is 1.87 bits per heavy atom. The van der Waals surface area contributed by atoms with Gasteiger partial charge in [0.25, 0.3) is 10.0 Å². The minimum Gasteiger partial charge on any atom is -0.486 e. The first-order valence-corrected chi connectivity index (χ1v) is 11.2. The number of hydrogen-bond donors (Lipinski definition) is 2. The Morgan fingerprint density at radius 3 is 2.63 bits per heavy atom. The maximum atomic E-state index is 12.8. The van der Waals surface area contributed by atoms with Crippen LogP contribution in [0, 0.1) is 5.92 Å². The van der Waals surface area contributed by atoms with E-state index < -0.39 is 16.1 Å². The zero-order valence-electron chi connectivity index (χ0n) is 16.7. The summed E-state index contributed by atoms with van der Waals surface area (Å²) in [5, 5.41) is 2.86. The number of fused-ring (bicyclic) bond motifs is 2. The number of para-hydroxylation sites is 2. The van der Waals surface area contributed by atoms with E-state index in [1.807, 2.05) is 38.1 Å². The van der Waals surface area contributed by atoms with Gasteiger partial charge in [-0.1, -0.05) is 38.1 Å². The van der Waals surface area contributed by atoms with Crippen LogP contribution < -0.4 is 19.5 Å². The molecule has 158 valence electrons. The second-order valence-corrected chi connectivity index (χ2v) is 9.16. The maximum Gasteiger partial charge on any atom is 0.263 e. The second-order valence-electron chi connectivity index (χ2n) is 7.51. The Kier molecular flexibility index (Phi) is 5.38. The largest absolute Gasteiger partial charge is 0.486 e. The summed E-state index contributed by atoms with van der Waals surface area (Å²) >= 11 is 0. The number of sulfonamides is 1. The Bertz CT molecular complexity index is 1100. The van der Waals surface area contributed by atoms with E-state index in [0.717, 1.165) is 0 Å². The molecule has 0 bridgehead atoms. The van der Waals surface area contributed by atoms with Gasteiger partial charge >= 0.3 is 0 Å². The summed E-state index contributed by atoms with van der Waals surface area (Å²) in [6.07, 6.45) is -0.324. The summed E-state index contributed by atoms with van der Waals surface area (Å²) < 4.78 is 38.6. The zero-order valence-corrected chi connectivity index (χ0v) is 17.5. The van der Waals surface area contributed by atoms with Crippen LogP contribution in [-0.4, -0.2) is 45.5 Å². The fourth-order valence-electron chi connectivity index (χ4n) is 3.36. The molecule has 0 saturated heterocycles. The summed E-state index contributed by atoms with van der Waals surface area (Å²) in [7, 11) is -3.66. The third-order valence-electron chi connectivity index (χ3n) is 4.90. The van der Waals surface area contributed by atoms with E-state index in [-0.39, 0.29) is 35.2 Å². The number of benzene rings is 2. The van der Waals surface area contributed by atoms with Crippen LogP contribution in [-0.2, 0) is 14.8 Å². The molecular formula is C21H23N3O5S. The van der Waals surface area contributed by atoms with Gasteiger partial charge in [-0.2, -0.15) is 0 Å². The number of carbonyl (C=O) groups excluding carboxylic acids is 1. The van der Waals surface area contributed by atoms with Crippen LogP contribution in [0.4, 0.5) is 0 Å². The predicted octanol–water partition coefficient (Wildman–Crippen LogP) is 1.71. The van der Waals surface area contributed by atoms with Crippen LogP contribution in [0.3, 0.4) is 0 Å². The number of rotatable bonds is 5. The van der Waals surface area contributed by atoms with E-state index in [1.165, 1.54) is 6.07 Å². The molecule has 0 fully saturated rings. The standard InChI is InChI=1S/C21H23N3O5S/c1-13(2)19(23-20-15-7-3-6-10-18(15)30(26,27)24-20)21(25)22-11-14-12-28-16-8-4-5-9-17(16)29-14/h3-10,13-14,19H,11-12H2,1-2H3,(H,22,25)(H,23,24)/t14-,19-/m0/s1. The highest BCUT2D eigenvalue weighted by Crippen LogP contribution is 2.30. The number of nitrogens with one attached hydrogen (secondary N) is 2. The number of nitrogens with zero attached hydrogens (tertiary/aromatic N) is 1. The third-order valence-corrected chi connectivity index (χ3v) is 6.30. The van der Waals surface area contributed by atoms with Gasteiger partial charge in [-0.3, -0.25) is 14.5 Å². The lowest BCUT2D eigenvalue weighted by Crippen LogP contribution is -2.45. The number of amidine groups is 1. The van der Waals surface area contributed by atoms with E-state index in [4.69, 9.17) is 9.47 Å². The smallest absolute Gasteiger partial charge is 0.263 e. The minimum absolute atomic E-state index is 0.140. The van der Waals surface area contributed by atoms with Gasteiger partial charge in [-0.25, -0.2) is 8.42 Å². The maximum absolute atomic E-state index is 12.8. The van der Waals surface area contributed by atoms with E-state index in [0.29, 0.717) is 23.7 Å². The third kappa shape index (κ3) is 3.97. The highest BCUT2D eigenvalue weighted by molar-refractivity contribution is 7.90. The second kappa shape index (κ2) is 7.98. The van der Waals surface area contributed by atoms with Crippen molar-refractivity contribution in [3.8, 4) is 11.5 Å². The molecule has 8 nitrogen and oxygen atoms in total. The lowest BCUT2D eigenvalue weighted by atomic mass is 10.0. The molecule has 0 aliphatic carbocycles. The lowest BCUT2D eigenvalue weighted by Gasteiger charge is -2.27. The molecule has 30 heavy (non-hydrogen) atoms. The van der Waals surface area contributed by atoms with Gasteiger partial charge in [0.05, 0.1) is 11.4 Å². The summed E-state index contributed by atoms with van der Waals surface area (Å²) in [5.74, 6) is 1.06. The molecule has 2 aliphatic heterocycles. The zero-order chi connectivity index (χ0) is 21.3. The van der Waals surface area contributed by atoms with Crippen molar-refractivity contribution in [1.82, 2.24) is 10.0 Å². The molecule has 0 saturated carbocycles. The fourth-order valence-corrected chi connectivity index (χ4v) is 4.60. The monoisotopic (exact) mass is 429 g/mol. The number of hydrogen-bond acceptors (Lipinski definition) is 6. The summed E-state index contributed by atoms with van der Waals surface area (Å²) in [6.45, 7) is 4.30. The van der Waals surface area contributed by atoms with Crippen LogP contribution in [0.15, 0.2) is 58.4 Å². The molecule has 9 heteroatoms. The van der Waals surface area contributed by atoms with Crippen molar-refractivity contribution < 1.29 is 22.7 Å². The quantitative estimate of drug-likeness (QED) is 0.753. The molecule has 2 aliphatic rings. The van der Waals surface area contributed by atoms with E-state index in [9.17, 15) is 13.2 Å². The molecule has 2 heterocycles. The first-order valence-electron chi connectivity index (χ1n) is 9.71.